The summed E-state index contributed by atoms with van der Waals surface area (Å²) in [5, 5.41) is 4.63. The second-order valence-electron chi connectivity index (χ2n) is 6.75. The topological polar surface area (TPSA) is 64.0 Å². The molecular formula is C23H17Cl2N3O2S. The number of hydrogen-bond acceptors (Lipinski definition) is 4. The van der Waals surface area contributed by atoms with Crippen LogP contribution in [0, 0.1) is 0 Å². The first-order valence-electron chi connectivity index (χ1n) is 9.42. The van der Waals surface area contributed by atoms with Crippen LogP contribution in [0.4, 0.5) is 5.69 Å². The van der Waals surface area contributed by atoms with Crippen molar-refractivity contribution in [1.29, 1.82) is 0 Å². The third-order valence-electron chi connectivity index (χ3n) is 4.55. The smallest absolute Gasteiger partial charge is 0.262 e. The second kappa shape index (κ2) is 9.56. The van der Waals surface area contributed by atoms with E-state index in [0.717, 1.165) is 5.56 Å². The fraction of sp³-hybridized carbons (Fsp3) is 0.0870. The minimum atomic E-state index is -0.261. The molecular weight excluding hydrogens is 453 g/mol. The maximum Gasteiger partial charge on any atom is 0.262 e. The highest BCUT2D eigenvalue weighted by molar-refractivity contribution is 7.99. The molecule has 31 heavy (non-hydrogen) atoms. The van der Waals surface area contributed by atoms with Crippen LogP contribution in [0.1, 0.15) is 5.56 Å². The van der Waals surface area contributed by atoms with Gasteiger partial charge in [0.1, 0.15) is 0 Å². The van der Waals surface area contributed by atoms with Crippen LogP contribution in [-0.2, 0) is 11.3 Å². The molecule has 156 valence electrons. The Kier molecular flexibility index (Phi) is 6.61. The van der Waals surface area contributed by atoms with Crippen molar-refractivity contribution in [2.45, 2.75) is 11.7 Å². The lowest BCUT2D eigenvalue weighted by Crippen LogP contribution is -2.24. The molecule has 4 rings (SSSR count). The summed E-state index contributed by atoms with van der Waals surface area (Å²) in [4.78, 5) is 30.3. The average Bonchev–Trinajstić information content (AvgIpc) is 2.77. The van der Waals surface area contributed by atoms with Crippen LogP contribution in [0.2, 0.25) is 10.0 Å². The number of aromatic nitrogens is 2. The minimum absolute atomic E-state index is 0.0680. The molecule has 0 bridgehead atoms. The summed E-state index contributed by atoms with van der Waals surface area (Å²) in [5.74, 6) is -0.193. The third-order valence-corrected chi connectivity index (χ3v) is 6.07. The number of rotatable bonds is 6. The van der Waals surface area contributed by atoms with E-state index in [2.05, 4.69) is 10.3 Å². The van der Waals surface area contributed by atoms with Gasteiger partial charge in [0, 0.05) is 5.02 Å². The molecule has 1 aromatic heterocycles. The standard InChI is InChI=1S/C23H17Cl2N3O2S/c24-16-10-11-20(18(25)12-16)26-21(29)14-31-23-27-19-9-5-4-8-17(19)22(30)28(23)13-15-6-2-1-3-7-15/h1-12H,13-14H2,(H,26,29). The van der Waals surface area contributed by atoms with Gasteiger partial charge in [-0.2, -0.15) is 0 Å². The second-order valence-corrected chi connectivity index (χ2v) is 8.54. The van der Waals surface area contributed by atoms with Crippen LogP contribution < -0.4 is 10.9 Å². The SMILES string of the molecule is O=C(CSc1nc2ccccc2c(=O)n1Cc1ccccc1)Nc1ccc(Cl)cc1Cl. The number of thioether (sulfide) groups is 1. The molecule has 5 nitrogen and oxygen atoms in total. The Morgan fingerprint density at radius 1 is 1.00 bits per heavy atom. The van der Waals surface area contributed by atoms with E-state index < -0.39 is 0 Å². The maximum atomic E-state index is 13.1. The zero-order valence-corrected chi connectivity index (χ0v) is 18.5. The van der Waals surface area contributed by atoms with Gasteiger partial charge in [-0.25, -0.2) is 4.98 Å². The first-order valence-corrected chi connectivity index (χ1v) is 11.2. The number of para-hydroxylation sites is 1. The number of carbonyl (C=O) groups excluding carboxylic acids is 1. The highest BCUT2D eigenvalue weighted by Crippen LogP contribution is 2.26. The monoisotopic (exact) mass is 469 g/mol. The Hall–Kier alpha value is -2.80. The third kappa shape index (κ3) is 5.10. The number of benzene rings is 3. The van der Waals surface area contributed by atoms with Gasteiger partial charge in [0.25, 0.3) is 5.56 Å². The van der Waals surface area contributed by atoms with Crippen molar-refractivity contribution in [3.05, 3.63) is 98.8 Å². The molecule has 0 aliphatic carbocycles. The van der Waals surface area contributed by atoms with Crippen molar-refractivity contribution >= 4 is 57.5 Å². The summed E-state index contributed by atoms with van der Waals surface area (Å²) in [7, 11) is 0. The molecule has 0 fully saturated rings. The quantitative estimate of drug-likeness (QED) is 0.299. The summed E-state index contributed by atoms with van der Waals surface area (Å²) in [6, 6.07) is 21.7. The van der Waals surface area contributed by atoms with Crippen molar-refractivity contribution in [2.75, 3.05) is 11.1 Å². The molecule has 0 saturated carbocycles. The molecule has 1 heterocycles. The van der Waals surface area contributed by atoms with E-state index in [1.165, 1.54) is 11.8 Å². The van der Waals surface area contributed by atoms with E-state index in [4.69, 9.17) is 23.2 Å². The highest BCUT2D eigenvalue weighted by Gasteiger charge is 2.14. The fourth-order valence-corrected chi connectivity index (χ4v) is 4.32. The van der Waals surface area contributed by atoms with Gasteiger partial charge in [0.2, 0.25) is 5.91 Å². The molecule has 0 spiro atoms. The van der Waals surface area contributed by atoms with Gasteiger partial charge in [-0.1, -0.05) is 77.4 Å². The predicted molar refractivity (Wildman–Crippen MR) is 127 cm³/mol. The molecule has 1 N–H and O–H groups in total. The van der Waals surface area contributed by atoms with E-state index in [0.29, 0.717) is 38.3 Å². The fourth-order valence-electron chi connectivity index (χ4n) is 3.07. The van der Waals surface area contributed by atoms with E-state index in [-0.39, 0.29) is 17.2 Å². The highest BCUT2D eigenvalue weighted by atomic mass is 35.5. The van der Waals surface area contributed by atoms with E-state index >= 15 is 0 Å². The van der Waals surface area contributed by atoms with Crippen molar-refractivity contribution in [3.8, 4) is 0 Å². The Balaban J connectivity index is 1.60. The zero-order valence-electron chi connectivity index (χ0n) is 16.2. The number of nitrogens with zero attached hydrogens (tertiary/aromatic N) is 2. The lowest BCUT2D eigenvalue weighted by Gasteiger charge is -2.13. The normalized spacial score (nSPS) is 10.9. The average molecular weight is 470 g/mol. The van der Waals surface area contributed by atoms with Crippen molar-refractivity contribution < 1.29 is 4.79 Å². The molecule has 0 aliphatic heterocycles. The van der Waals surface area contributed by atoms with Crippen LogP contribution in [0.15, 0.2) is 82.7 Å². The Morgan fingerprint density at radius 2 is 1.74 bits per heavy atom. The lowest BCUT2D eigenvalue weighted by molar-refractivity contribution is -0.113. The molecule has 3 aromatic carbocycles. The molecule has 0 aliphatic rings. The predicted octanol–water partition coefficient (Wildman–Crippen LogP) is 5.48. The summed E-state index contributed by atoms with van der Waals surface area (Å²) in [6.07, 6.45) is 0. The molecule has 0 unspecified atom stereocenters. The number of anilines is 1. The van der Waals surface area contributed by atoms with E-state index in [1.54, 1.807) is 34.9 Å². The van der Waals surface area contributed by atoms with Crippen LogP contribution in [0.25, 0.3) is 10.9 Å². The van der Waals surface area contributed by atoms with Gasteiger partial charge in [-0.15, -0.1) is 0 Å². The summed E-state index contributed by atoms with van der Waals surface area (Å²) in [5.41, 5.74) is 1.91. The Morgan fingerprint density at radius 3 is 2.52 bits per heavy atom. The number of fused-ring (bicyclic) bond motifs is 1. The minimum Gasteiger partial charge on any atom is -0.324 e. The number of nitrogens with one attached hydrogen (secondary N) is 1. The van der Waals surface area contributed by atoms with Gasteiger partial charge in [0.15, 0.2) is 5.16 Å². The molecule has 0 radical (unpaired) electrons. The summed E-state index contributed by atoms with van der Waals surface area (Å²) in [6.45, 7) is 0.366. The molecule has 1 amide bonds. The number of carbonyl (C=O) groups is 1. The summed E-state index contributed by atoms with van der Waals surface area (Å²) < 4.78 is 1.60. The van der Waals surface area contributed by atoms with Gasteiger partial charge in [-0.3, -0.25) is 14.2 Å². The van der Waals surface area contributed by atoms with Gasteiger partial charge in [-0.05, 0) is 35.9 Å². The van der Waals surface area contributed by atoms with Crippen molar-refractivity contribution in [1.82, 2.24) is 9.55 Å². The van der Waals surface area contributed by atoms with Crippen LogP contribution in [0.5, 0.6) is 0 Å². The van der Waals surface area contributed by atoms with Crippen LogP contribution >= 0.6 is 35.0 Å². The van der Waals surface area contributed by atoms with E-state index in [9.17, 15) is 9.59 Å². The molecule has 4 aromatic rings. The number of halogens is 2. The molecule has 0 saturated heterocycles. The Bertz CT molecular complexity index is 1310. The lowest BCUT2D eigenvalue weighted by atomic mass is 10.2. The van der Waals surface area contributed by atoms with Crippen LogP contribution in [0.3, 0.4) is 0 Å². The van der Waals surface area contributed by atoms with Crippen molar-refractivity contribution in [3.63, 3.8) is 0 Å². The molecule has 8 heteroatoms. The van der Waals surface area contributed by atoms with Crippen molar-refractivity contribution in [2.24, 2.45) is 0 Å². The summed E-state index contributed by atoms with van der Waals surface area (Å²) >= 11 is 13.2. The number of amides is 1. The zero-order chi connectivity index (χ0) is 21.8. The molecule has 0 atom stereocenters. The van der Waals surface area contributed by atoms with Gasteiger partial charge < -0.3 is 5.32 Å². The maximum absolute atomic E-state index is 13.1. The van der Waals surface area contributed by atoms with Gasteiger partial charge in [0.05, 0.1) is 33.9 Å². The first-order chi connectivity index (χ1) is 15.0. The first kappa shape index (κ1) is 21.4. The van der Waals surface area contributed by atoms with E-state index in [1.807, 2.05) is 42.5 Å². The van der Waals surface area contributed by atoms with Gasteiger partial charge >= 0.3 is 0 Å². The largest absolute Gasteiger partial charge is 0.324 e. The number of hydrogen-bond donors (Lipinski definition) is 1. The Labute approximate surface area is 193 Å². The van der Waals surface area contributed by atoms with Crippen LogP contribution in [-0.4, -0.2) is 21.2 Å².